The number of likely N-dealkylation sites (N-methyl/N-ethyl adjacent to an activating group) is 1. The maximum absolute atomic E-state index is 11.9. The van der Waals surface area contributed by atoms with Gasteiger partial charge < -0.3 is 9.64 Å². The van der Waals surface area contributed by atoms with Crippen molar-refractivity contribution in [3.05, 3.63) is 23.3 Å². The largest absolute Gasteiger partial charge is 0.462 e. The van der Waals surface area contributed by atoms with E-state index in [0.717, 1.165) is 12.8 Å². The number of carbonyl (C=O) groups is 2. The smallest absolute Gasteiger partial charge is 0.333 e. The SMILES string of the molecule is CCCCCCCCCCCCOC(=O)/C(C)=C/C=C(\C)C(=O)N(C)C. The molecule has 0 spiro atoms. The molecule has 0 aromatic rings. The van der Waals surface area contributed by atoms with Gasteiger partial charge in [0.2, 0.25) is 5.91 Å². The molecule has 26 heavy (non-hydrogen) atoms. The summed E-state index contributed by atoms with van der Waals surface area (Å²) in [7, 11) is 3.41. The molecule has 1 amide bonds. The molecule has 0 bridgehead atoms. The lowest BCUT2D eigenvalue weighted by Crippen LogP contribution is -2.22. The zero-order valence-corrected chi connectivity index (χ0v) is 17.6. The molecule has 0 radical (unpaired) electrons. The summed E-state index contributed by atoms with van der Waals surface area (Å²) in [6, 6.07) is 0. The van der Waals surface area contributed by atoms with Crippen molar-refractivity contribution >= 4 is 11.9 Å². The topological polar surface area (TPSA) is 46.6 Å². The Morgan fingerprint density at radius 3 is 1.73 bits per heavy atom. The van der Waals surface area contributed by atoms with Gasteiger partial charge in [0.15, 0.2) is 0 Å². The number of rotatable bonds is 14. The summed E-state index contributed by atoms with van der Waals surface area (Å²) in [6.45, 7) is 6.17. The first-order valence-corrected chi connectivity index (χ1v) is 10.1. The standard InChI is InChI=1S/C22H39NO3/c1-6-7-8-9-10-11-12-13-14-15-18-26-22(25)20(3)17-16-19(2)21(24)23(4)5/h16-17H,6-15,18H2,1-5H3/b19-16+,20-17+. The van der Waals surface area contributed by atoms with E-state index in [9.17, 15) is 9.59 Å². The number of esters is 1. The van der Waals surface area contributed by atoms with Crippen LogP contribution in [0.2, 0.25) is 0 Å². The van der Waals surface area contributed by atoms with E-state index in [4.69, 9.17) is 4.74 Å². The Balaban J connectivity index is 3.80. The van der Waals surface area contributed by atoms with Crippen molar-refractivity contribution < 1.29 is 14.3 Å². The van der Waals surface area contributed by atoms with Crippen molar-refractivity contribution in [3.63, 3.8) is 0 Å². The molecular weight excluding hydrogens is 326 g/mol. The van der Waals surface area contributed by atoms with Gasteiger partial charge in [-0.2, -0.15) is 0 Å². The fraction of sp³-hybridized carbons (Fsp3) is 0.727. The Morgan fingerprint density at radius 1 is 0.769 bits per heavy atom. The van der Waals surface area contributed by atoms with E-state index >= 15 is 0 Å². The summed E-state index contributed by atoms with van der Waals surface area (Å²) >= 11 is 0. The van der Waals surface area contributed by atoms with Crippen molar-refractivity contribution in [2.24, 2.45) is 0 Å². The first kappa shape index (κ1) is 24.4. The number of unbranched alkanes of at least 4 members (excludes halogenated alkanes) is 9. The minimum atomic E-state index is -0.303. The van der Waals surface area contributed by atoms with Crippen molar-refractivity contribution in [2.75, 3.05) is 20.7 Å². The van der Waals surface area contributed by atoms with E-state index in [1.54, 1.807) is 40.1 Å². The molecule has 0 atom stereocenters. The van der Waals surface area contributed by atoms with Gasteiger partial charge in [0.1, 0.15) is 0 Å². The predicted octanol–water partition coefficient (Wildman–Crippen LogP) is 5.43. The summed E-state index contributed by atoms with van der Waals surface area (Å²) in [5.74, 6) is -0.366. The Kier molecular flexibility index (Phi) is 14.7. The molecule has 0 aliphatic heterocycles. The Labute approximate surface area is 160 Å². The van der Waals surface area contributed by atoms with E-state index in [-0.39, 0.29) is 11.9 Å². The van der Waals surface area contributed by atoms with E-state index in [0.29, 0.717) is 17.8 Å². The molecule has 4 nitrogen and oxygen atoms in total. The molecule has 0 aliphatic rings. The molecule has 0 aromatic heterocycles. The average Bonchev–Trinajstić information content (AvgIpc) is 2.62. The van der Waals surface area contributed by atoms with Crippen LogP contribution < -0.4 is 0 Å². The summed E-state index contributed by atoms with van der Waals surface area (Å²) in [4.78, 5) is 25.1. The highest BCUT2D eigenvalue weighted by molar-refractivity contribution is 5.93. The van der Waals surface area contributed by atoms with Gasteiger partial charge in [0.25, 0.3) is 0 Å². The van der Waals surface area contributed by atoms with Gasteiger partial charge in [-0.1, -0.05) is 76.9 Å². The Morgan fingerprint density at radius 2 is 1.23 bits per heavy atom. The maximum atomic E-state index is 11.9. The molecule has 0 aliphatic carbocycles. The van der Waals surface area contributed by atoms with Crippen LogP contribution >= 0.6 is 0 Å². The number of allylic oxidation sites excluding steroid dienone is 2. The molecule has 0 saturated heterocycles. The van der Waals surface area contributed by atoms with Crippen LogP contribution in [0, 0.1) is 0 Å². The molecule has 0 N–H and O–H groups in total. The second-order valence-electron chi connectivity index (χ2n) is 7.22. The quantitative estimate of drug-likeness (QED) is 0.178. The van der Waals surface area contributed by atoms with Crippen LogP contribution in [-0.4, -0.2) is 37.5 Å². The lowest BCUT2D eigenvalue weighted by atomic mass is 10.1. The van der Waals surface area contributed by atoms with Gasteiger partial charge in [-0.15, -0.1) is 0 Å². The van der Waals surface area contributed by atoms with Crippen LogP contribution in [0.5, 0.6) is 0 Å². The summed E-state index contributed by atoms with van der Waals surface area (Å²) in [5, 5.41) is 0. The minimum absolute atomic E-state index is 0.0622. The average molecular weight is 366 g/mol. The van der Waals surface area contributed by atoms with Crippen LogP contribution in [0.25, 0.3) is 0 Å². The molecule has 0 saturated carbocycles. The Bertz CT molecular complexity index is 464. The molecular formula is C22H39NO3. The molecule has 0 heterocycles. The summed E-state index contributed by atoms with van der Waals surface area (Å²) in [5.41, 5.74) is 1.11. The molecule has 150 valence electrons. The van der Waals surface area contributed by atoms with Crippen LogP contribution in [0.4, 0.5) is 0 Å². The number of carbonyl (C=O) groups excluding carboxylic acids is 2. The fourth-order valence-corrected chi connectivity index (χ4v) is 2.61. The number of nitrogens with zero attached hydrogens (tertiary/aromatic N) is 1. The normalized spacial score (nSPS) is 12.2. The highest BCUT2D eigenvalue weighted by atomic mass is 16.5. The van der Waals surface area contributed by atoms with Gasteiger partial charge in [-0.25, -0.2) is 4.79 Å². The monoisotopic (exact) mass is 365 g/mol. The van der Waals surface area contributed by atoms with Crippen molar-refractivity contribution in [1.29, 1.82) is 0 Å². The predicted molar refractivity (Wildman–Crippen MR) is 109 cm³/mol. The fourth-order valence-electron chi connectivity index (χ4n) is 2.61. The molecule has 0 aromatic carbocycles. The number of hydrogen-bond acceptors (Lipinski definition) is 3. The highest BCUT2D eigenvalue weighted by Crippen LogP contribution is 2.11. The van der Waals surface area contributed by atoms with Crippen LogP contribution in [-0.2, 0) is 14.3 Å². The third-order valence-corrected chi connectivity index (χ3v) is 4.38. The minimum Gasteiger partial charge on any atom is -0.462 e. The summed E-state index contributed by atoms with van der Waals surface area (Å²) in [6.07, 6.45) is 15.9. The molecule has 0 unspecified atom stereocenters. The van der Waals surface area contributed by atoms with E-state index < -0.39 is 0 Å². The van der Waals surface area contributed by atoms with Crippen LogP contribution in [0.3, 0.4) is 0 Å². The van der Waals surface area contributed by atoms with Gasteiger partial charge >= 0.3 is 5.97 Å². The number of amides is 1. The molecule has 0 fully saturated rings. The first-order valence-electron chi connectivity index (χ1n) is 10.1. The number of ether oxygens (including phenoxy) is 1. The second kappa shape index (κ2) is 15.7. The van der Waals surface area contributed by atoms with Crippen LogP contribution in [0.15, 0.2) is 23.3 Å². The maximum Gasteiger partial charge on any atom is 0.333 e. The van der Waals surface area contributed by atoms with Gasteiger partial charge in [-0.3, -0.25) is 4.79 Å². The zero-order chi connectivity index (χ0) is 19.8. The summed E-state index contributed by atoms with van der Waals surface area (Å²) < 4.78 is 5.28. The van der Waals surface area contributed by atoms with Gasteiger partial charge in [0, 0.05) is 25.2 Å². The molecule has 4 heteroatoms. The number of hydrogen-bond donors (Lipinski definition) is 0. The van der Waals surface area contributed by atoms with Crippen molar-refractivity contribution in [2.45, 2.75) is 85.0 Å². The third-order valence-electron chi connectivity index (χ3n) is 4.38. The third kappa shape index (κ3) is 12.7. The van der Waals surface area contributed by atoms with Crippen molar-refractivity contribution in [1.82, 2.24) is 4.90 Å². The highest BCUT2D eigenvalue weighted by Gasteiger charge is 2.07. The van der Waals surface area contributed by atoms with Crippen LogP contribution in [0.1, 0.15) is 85.0 Å². The lowest BCUT2D eigenvalue weighted by molar-refractivity contribution is -0.139. The Hall–Kier alpha value is -1.58. The van der Waals surface area contributed by atoms with Crippen molar-refractivity contribution in [3.8, 4) is 0 Å². The van der Waals surface area contributed by atoms with E-state index in [1.165, 1.54) is 56.3 Å². The zero-order valence-electron chi connectivity index (χ0n) is 17.6. The van der Waals surface area contributed by atoms with E-state index in [1.807, 2.05) is 0 Å². The molecule has 0 rings (SSSR count). The lowest BCUT2D eigenvalue weighted by Gasteiger charge is -2.09. The first-order chi connectivity index (χ1) is 12.4. The van der Waals surface area contributed by atoms with Gasteiger partial charge in [-0.05, 0) is 20.3 Å². The van der Waals surface area contributed by atoms with Gasteiger partial charge in [0.05, 0.1) is 6.61 Å². The van der Waals surface area contributed by atoms with E-state index in [2.05, 4.69) is 6.92 Å². The second-order valence-corrected chi connectivity index (χ2v) is 7.22.